The molecule has 0 fully saturated rings. The van der Waals surface area contributed by atoms with Crippen LogP contribution in [0, 0.1) is 6.92 Å². The van der Waals surface area contributed by atoms with Crippen LogP contribution >= 0.6 is 11.8 Å². The summed E-state index contributed by atoms with van der Waals surface area (Å²) in [4.78, 5) is 31.3. The number of rotatable bonds is 6. The molecule has 154 valence electrons. The molecule has 0 aliphatic heterocycles. The van der Waals surface area contributed by atoms with Crippen molar-refractivity contribution in [3.8, 4) is 0 Å². The Balaban J connectivity index is 1.41. The summed E-state index contributed by atoms with van der Waals surface area (Å²) in [6.07, 6.45) is 3.34. The highest BCUT2D eigenvalue weighted by molar-refractivity contribution is 7.99. The molecule has 4 rings (SSSR count). The molecule has 2 amide bonds. The van der Waals surface area contributed by atoms with E-state index < -0.39 is 0 Å². The van der Waals surface area contributed by atoms with Gasteiger partial charge in [-0.3, -0.25) is 14.6 Å². The van der Waals surface area contributed by atoms with Crippen molar-refractivity contribution in [2.24, 2.45) is 0 Å². The van der Waals surface area contributed by atoms with E-state index in [1.165, 1.54) is 5.56 Å². The minimum Gasteiger partial charge on any atom is -0.343 e. The molecule has 3 aromatic carbocycles. The Bertz CT molecular complexity index is 1230. The van der Waals surface area contributed by atoms with Crippen molar-refractivity contribution < 1.29 is 9.59 Å². The number of para-hydroxylation sites is 1. The third kappa shape index (κ3) is 5.10. The number of nitrogens with zero attached hydrogens (tertiary/aromatic N) is 1. The molecule has 0 bridgehead atoms. The van der Waals surface area contributed by atoms with Crippen molar-refractivity contribution in [1.29, 1.82) is 0 Å². The summed E-state index contributed by atoms with van der Waals surface area (Å²) in [6.45, 7) is 1.92. The fourth-order valence-corrected chi connectivity index (χ4v) is 4.06. The van der Waals surface area contributed by atoms with Crippen molar-refractivity contribution in [2.75, 3.05) is 11.9 Å². The van der Waals surface area contributed by atoms with Crippen LogP contribution in [0.3, 0.4) is 0 Å². The van der Waals surface area contributed by atoms with Crippen LogP contribution in [-0.4, -0.2) is 23.3 Å². The predicted molar refractivity (Wildman–Crippen MR) is 124 cm³/mol. The first-order chi connectivity index (χ1) is 15.1. The number of carbonyl (C=O) groups is 2. The molecule has 1 aromatic heterocycles. The number of hydrogen-bond acceptors (Lipinski definition) is 4. The minimum atomic E-state index is -0.309. The summed E-state index contributed by atoms with van der Waals surface area (Å²) in [5, 5.41) is 7.28. The van der Waals surface area contributed by atoms with Crippen molar-refractivity contribution in [3.05, 3.63) is 96.3 Å². The normalized spacial score (nSPS) is 10.6. The average molecular weight is 428 g/mol. The van der Waals surface area contributed by atoms with E-state index in [0.717, 1.165) is 20.6 Å². The van der Waals surface area contributed by atoms with E-state index in [1.807, 2.05) is 49.4 Å². The smallest absolute Gasteiger partial charge is 0.252 e. The lowest BCUT2D eigenvalue weighted by atomic mass is 10.1. The van der Waals surface area contributed by atoms with Gasteiger partial charge >= 0.3 is 0 Å². The van der Waals surface area contributed by atoms with Gasteiger partial charge < -0.3 is 10.6 Å². The van der Waals surface area contributed by atoms with Crippen LogP contribution < -0.4 is 10.6 Å². The van der Waals surface area contributed by atoms with Gasteiger partial charge in [-0.2, -0.15) is 0 Å². The quantitative estimate of drug-likeness (QED) is 0.451. The lowest BCUT2D eigenvalue weighted by molar-refractivity contribution is -0.115. The molecular weight excluding hydrogens is 406 g/mol. The number of nitrogens with one attached hydrogen (secondary N) is 2. The summed E-state index contributed by atoms with van der Waals surface area (Å²) in [5.41, 5.74) is 2.40. The molecular formula is C25H21N3O2S. The van der Waals surface area contributed by atoms with E-state index in [0.29, 0.717) is 11.3 Å². The second kappa shape index (κ2) is 9.45. The maximum Gasteiger partial charge on any atom is 0.252 e. The topological polar surface area (TPSA) is 71.1 Å². The van der Waals surface area contributed by atoms with Gasteiger partial charge in [0, 0.05) is 33.1 Å². The first-order valence-electron chi connectivity index (χ1n) is 9.84. The maximum atomic E-state index is 12.6. The van der Waals surface area contributed by atoms with Gasteiger partial charge in [0.15, 0.2) is 0 Å². The lowest BCUT2D eigenvalue weighted by Gasteiger charge is -2.12. The van der Waals surface area contributed by atoms with Crippen molar-refractivity contribution >= 4 is 40.0 Å². The molecule has 0 unspecified atom stereocenters. The van der Waals surface area contributed by atoms with Crippen LogP contribution in [0.25, 0.3) is 10.8 Å². The van der Waals surface area contributed by atoms with E-state index in [9.17, 15) is 9.59 Å². The van der Waals surface area contributed by atoms with Crippen LogP contribution in [0.2, 0.25) is 0 Å². The van der Waals surface area contributed by atoms with E-state index in [1.54, 1.807) is 30.2 Å². The van der Waals surface area contributed by atoms with Crippen molar-refractivity contribution in [3.63, 3.8) is 0 Å². The molecule has 0 aliphatic carbocycles. The monoisotopic (exact) mass is 427 g/mol. The van der Waals surface area contributed by atoms with Gasteiger partial charge in [0.25, 0.3) is 5.91 Å². The third-order valence-corrected chi connectivity index (χ3v) is 5.83. The Kier molecular flexibility index (Phi) is 6.29. The van der Waals surface area contributed by atoms with E-state index in [4.69, 9.17) is 0 Å². The van der Waals surface area contributed by atoms with Gasteiger partial charge in [0.2, 0.25) is 5.91 Å². The van der Waals surface area contributed by atoms with E-state index in [2.05, 4.69) is 39.9 Å². The Hall–Kier alpha value is -3.64. The first-order valence-corrected chi connectivity index (χ1v) is 10.7. The molecule has 31 heavy (non-hydrogen) atoms. The van der Waals surface area contributed by atoms with Gasteiger partial charge in [0.1, 0.15) is 0 Å². The molecule has 0 radical (unpaired) electrons. The molecule has 0 atom stereocenters. The van der Waals surface area contributed by atoms with Gasteiger partial charge in [0.05, 0.1) is 12.2 Å². The predicted octanol–water partition coefficient (Wildman–Crippen LogP) is 5.06. The van der Waals surface area contributed by atoms with Crippen LogP contribution in [0.1, 0.15) is 15.9 Å². The second-order valence-corrected chi connectivity index (χ2v) is 8.16. The zero-order chi connectivity index (χ0) is 21.6. The molecule has 2 N–H and O–H groups in total. The molecule has 0 saturated carbocycles. The van der Waals surface area contributed by atoms with Crippen molar-refractivity contribution in [2.45, 2.75) is 16.7 Å². The summed E-state index contributed by atoms with van der Waals surface area (Å²) in [6, 6.07) is 23.2. The highest BCUT2D eigenvalue weighted by Gasteiger charge is 2.13. The molecule has 0 aliphatic rings. The Morgan fingerprint density at radius 1 is 0.935 bits per heavy atom. The Morgan fingerprint density at radius 2 is 1.74 bits per heavy atom. The number of anilines is 1. The van der Waals surface area contributed by atoms with E-state index in [-0.39, 0.29) is 18.4 Å². The van der Waals surface area contributed by atoms with Gasteiger partial charge in [-0.1, -0.05) is 53.7 Å². The molecule has 0 spiro atoms. The number of pyridine rings is 1. The summed E-state index contributed by atoms with van der Waals surface area (Å²) >= 11 is 1.58. The third-order valence-electron chi connectivity index (χ3n) is 4.75. The zero-order valence-corrected chi connectivity index (χ0v) is 17.8. The molecule has 0 saturated heterocycles. The second-order valence-electron chi connectivity index (χ2n) is 7.04. The number of benzene rings is 3. The summed E-state index contributed by atoms with van der Waals surface area (Å²) in [7, 11) is 0. The average Bonchev–Trinajstić information content (AvgIpc) is 2.80. The SMILES string of the molecule is Cc1ccc(Sc2ccccc2NC(=O)CNC(=O)c2cccc3ccncc23)cc1. The maximum absolute atomic E-state index is 12.6. The van der Waals surface area contributed by atoms with Crippen LogP contribution in [0.4, 0.5) is 5.69 Å². The number of aryl methyl sites for hydroxylation is 1. The molecule has 6 heteroatoms. The lowest BCUT2D eigenvalue weighted by Crippen LogP contribution is -2.33. The number of hydrogen-bond donors (Lipinski definition) is 2. The number of carbonyl (C=O) groups excluding carboxylic acids is 2. The zero-order valence-electron chi connectivity index (χ0n) is 17.0. The number of amides is 2. The standard InChI is InChI=1S/C25H21N3O2S/c1-17-9-11-19(12-10-17)31-23-8-3-2-7-22(23)28-24(29)16-27-25(30)20-6-4-5-18-13-14-26-15-21(18)20/h2-15H,16H2,1H3,(H,27,30)(H,28,29). The molecule has 1 heterocycles. The van der Waals surface area contributed by atoms with E-state index >= 15 is 0 Å². The minimum absolute atomic E-state index is 0.126. The number of fused-ring (bicyclic) bond motifs is 1. The largest absolute Gasteiger partial charge is 0.343 e. The van der Waals surface area contributed by atoms with Gasteiger partial charge in [-0.15, -0.1) is 0 Å². The highest BCUT2D eigenvalue weighted by atomic mass is 32.2. The van der Waals surface area contributed by atoms with Gasteiger partial charge in [-0.25, -0.2) is 0 Å². The van der Waals surface area contributed by atoms with Crippen molar-refractivity contribution in [1.82, 2.24) is 10.3 Å². The fourth-order valence-electron chi connectivity index (χ4n) is 3.15. The first kappa shape index (κ1) is 20.6. The van der Waals surface area contributed by atoms with Gasteiger partial charge in [-0.05, 0) is 48.7 Å². The van der Waals surface area contributed by atoms with Crippen LogP contribution in [0.15, 0.2) is 95.0 Å². The fraction of sp³-hybridized carbons (Fsp3) is 0.0800. The number of aromatic nitrogens is 1. The summed E-state index contributed by atoms with van der Waals surface area (Å²) in [5.74, 6) is -0.597. The summed E-state index contributed by atoms with van der Waals surface area (Å²) < 4.78 is 0. The Morgan fingerprint density at radius 3 is 2.58 bits per heavy atom. The Labute approximate surface area is 184 Å². The van der Waals surface area contributed by atoms with Crippen LogP contribution in [0.5, 0.6) is 0 Å². The highest BCUT2D eigenvalue weighted by Crippen LogP contribution is 2.33. The van der Waals surface area contributed by atoms with Crippen LogP contribution in [-0.2, 0) is 4.79 Å². The molecule has 5 nitrogen and oxygen atoms in total. The molecule has 4 aromatic rings.